The average Bonchev–Trinajstić information content (AvgIpc) is 3.48. The summed E-state index contributed by atoms with van der Waals surface area (Å²) in [6, 6.07) is 5.48. The summed E-state index contributed by atoms with van der Waals surface area (Å²) in [7, 11) is -0.0255. The van der Waals surface area contributed by atoms with Crippen molar-refractivity contribution < 1.29 is 23.6 Å². The monoisotopic (exact) mass is 491 g/mol. The van der Waals surface area contributed by atoms with Crippen molar-refractivity contribution in [2.45, 2.75) is 50.3 Å². The lowest BCUT2D eigenvalue weighted by molar-refractivity contribution is -0.142. The highest BCUT2D eigenvalue weighted by molar-refractivity contribution is 7.82. The van der Waals surface area contributed by atoms with Crippen LogP contribution in [0.3, 0.4) is 0 Å². The number of carboxylic acid groups (broad SMARTS) is 1. The summed E-state index contributed by atoms with van der Waals surface area (Å²) in [6.07, 6.45) is 5.32. The number of anilines is 1. The first-order valence-electron chi connectivity index (χ1n) is 11.2. The molecule has 8 nitrogen and oxygen atoms in total. The van der Waals surface area contributed by atoms with E-state index in [0.717, 1.165) is 41.8 Å². The molecule has 33 heavy (non-hydrogen) atoms. The van der Waals surface area contributed by atoms with Crippen molar-refractivity contribution >= 4 is 39.3 Å². The maximum absolute atomic E-state index is 13.4. The van der Waals surface area contributed by atoms with Crippen LogP contribution in [-0.4, -0.2) is 50.7 Å². The SMILES string of the molecule is COc1ccc(-c2sc(NC(=O)C3CCCC3)nc2C)cc1S(=O)N1CCCC(C(=O)O)C1. The molecule has 0 radical (unpaired) electrons. The van der Waals surface area contributed by atoms with Gasteiger partial charge in [0.1, 0.15) is 16.7 Å². The van der Waals surface area contributed by atoms with Crippen LogP contribution >= 0.6 is 11.3 Å². The van der Waals surface area contributed by atoms with E-state index in [9.17, 15) is 18.9 Å². The largest absolute Gasteiger partial charge is 0.495 e. The Bertz CT molecular complexity index is 1060. The van der Waals surface area contributed by atoms with Crippen molar-refractivity contribution in [3.8, 4) is 16.2 Å². The molecule has 2 aromatic rings. The molecule has 1 aromatic carbocycles. The van der Waals surface area contributed by atoms with Gasteiger partial charge in [0.05, 0.1) is 28.5 Å². The van der Waals surface area contributed by atoms with Gasteiger partial charge in [-0.25, -0.2) is 13.5 Å². The van der Waals surface area contributed by atoms with Gasteiger partial charge in [-0.3, -0.25) is 9.59 Å². The quantitative estimate of drug-likeness (QED) is 0.604. The maximum atomic E-state index is 13.4. The molecule has 2 atom stereocenters. The number of carboxylic acids is 1. The molecule has 178 valence electrons. The van der Waals surface area contributed by atoms with Crippen LogP contribution in [0.25, 0.3) is 10.4 Å². The van der Waals surface area contributed by atoms with Crippen LogP contribution in [0.1, 0.15) is 44.2 Å². The second-order valence-corrected chi connectivity index (χ2v) is 11.0. The van der Waals surface area contributed by atoms with E-state index in [2.05, 4.69) is 10.3 Å². The molecule has 0 spiro atoms. The number of thiazole rings is 1. The summed E-state index contributed by atoms with van der Waals surface area (Å²) in [6.45, 7) is 2.70. The van der Waals surface area contributed by atoms with E-state index >= 15 is 0 Å². The van der Waals surface area contributed by atoms with Crippen molar-refractivity contribution in [3.63, 3.8) is 0 Å². The predicted octanol–water partition coefficient (Wildman–Crippen LogP) is 4.08. The highest BCUT2D eigenvalue weighted by Crippen LogP contribution is 2.37. The molecule has 1 amide bonds. The smallest absolute Gasteiger partial charge is 0.307 e. The average molecular weight is 492 g/mol. The molecule has 2 heterocycles. The predicted molar refractivity (Wildman–Crippen MR) is 128 cm³/mol. The van der Waals surface area contributed by atoms with E-state index in [1.165, 1.54) is 18.4 Å². The summed E-state index contributed by atoms with van der Waals surface area (Å²) in [5.41, 5.74) is 1.62. The molecule has 2 aliphatic rings. The van der Waals surface area contributed by atoms with Gasteiger partial charge in [-0.05, 0) is 56.4 Å². The van der Waals surface area contributed by atoms with Gasteiger partial charge in [-0.15, -0.1) is 0 Å². The number of aryl methyl sites for hydroxylation is 1. The first-order valence-corrected chi connectivity index (χ1v) is 13.2. The molecular weight excluding hydrogens is 462 g/mol. The van der Waals surface area contributed by atoms with Gasteiger partial charge in [0.15, 0.2) is 5.13 Å². The molecule has 1 aliphatic carbocycles. The number of carbonyl (C=O) groups is 2. The fourth-order valence-corrected chi connectivity index (χ4v) is 6.91. The van der Waals surface area contributed by atoms with Crippen LogP contribution in [0.5, 0.6) is 5.75 Å². The Morgan fingerprint density at radius 3 is 2.64 bits per heavy atom. The van der Waals surface area contributed by atoms with Gasteiger partial charge in [-0.2, -0.15) is 0 Å². The van der Waals surface area contributed by atoms with Crippen LogP contribution in [0.2, 0.25) is 0 Å². The first kappa shape index (κ1) is 23.8. The lowest BCUT2D eigenvalue weighted by atomic mass is 10.0. The van der Waals surface area contributed by atoms with E-state index in [-0.39, 0.29) is 18.4 Å². The molecular formula is C23H29N3O5S2. The second kappa shape index (κ2) is 10.3. The van der Waals surface area contributed by atoms with Crippen molar-refractivity contribution in [2.75, 3.05) is 25.5 Å². The van der Waals surface area contributed by atoms with Gasteiger partial charge in [-0.1, -0.05) is 24.2 Å². The Hall–Kier alpha value is -2.30. The van der Waals surface area contributed by atoms with E-state index < -0.39 is 22.9 Å². The van der Waals surface area contributed by atoms with Gasteiger partial charge in [0, 0.05) is 19.0 Å². The van der Waals surface area contributed by atoms with Crippen molar-refractivity contribution in [2.24, 2.45) is 11.8 Å². The Kier molecular flexibility index (Phi) is 7.45. The third-order valence-electron chi connectivity index (χ3n) is 6.33. The number of amides is 1. The highest BCUT2D eigenvalue weighted by Gasteiger charge is 2.30. The Labute approximate surface area is 199 Å². The number of ether oxygens (including phenoxy) is 1. The third kappa shape index (κ3) is 5.28. The molecule has 2 N–H and O–H groups in total. The van der Waals surface area contributed by atoms with Crippen LogP contribution in [-0.2, 0) is 20.6 Å². The number of methoxy groups -OCH3 is 1. The molecule has 10 heteroatoms. The minimum Gasteiger partial charge on any atom is -0.495 e. The Morgan fingerprint density at radius 1 is 1.21 bits per heavy atom. The van der Waals surface area contributed by atoms with Gasteiger partial charge >= 0.3 is 5.97 Å². The second-order valence-electron chi connectivity index (χ2n) is 8.58. The molecule has 1 aromatic heterocycles. The third-order valence-corrected chi connectivity index (χ3v) is 8.95. The van der Waals surface area contributed by atoms with Crippen LogP contribution in [0.4, 0.5) is 5.13 Å². The molecule has 4 rings (SSSR count). The number of aliphatic carboxylic acids is 1. The summed E-state index contributed by atoms with van der Waals surface area (Å²) in [5, 5.41) is 12.9. The van der Waals surface area contributed by atoms with E-state index in [1.807, 2.05) is 19.1 Å². The molecule has 2 fully saturated rings. The number of rotatable bonds is 7. The number of piperidine rings is 1. The molecule has 1 saturated carbocycles. The van der Waals surface area contributed by atoms with E-state index in [1.54, 1.807) is 10.4 Å². The number of hydrogen-bond acceptors (Lipinski definition) is 6. The van der Waals surface area contributed by atoms with Crippen molar-refractivity contribution in [3.05, 3.63) is 23.9 Å². The zero-order chi connectivity index (χ0) is 23.5. The van der Waals surface area contributed by atoms with Crippen molar-refractivity contribution in [1.29, 1.82) is 0 Å². The van der Waals surface area contributed by atoms with Crippen molar-refractivity contribution in [1.82, 2.24) is 9.29 Å². The van der Waals surface area contributed by atoms with Gasteiger partial charge < -0.3 is 15.2 Å². The van der Waals surface area contributed by atoms with Gasteiger partial charge in [0.25, 0.3) is 0 Å². The maximum Gasteiger partial charge on any atom is 0.307 e. The number of carbonyl (C=O) groups excluding carboxylic acids is 1. The summed E-state index contributed by atoms with van der Waals surface area (Å²) in [5.74, 6) is -0.794. The molecule has 0 bridgehead atoms. The lowest BCUT2D eigenvalue weighted by Gasteiger charge is -2.29. The number of aromatic nitrogens is 1. The summed E-state index contributed by atoms with van der Waals surface area (Å²) < 4.78 is 20.6. The standard InChI is InChI=1S/C23H29N3O5S2/c1-14-20(32-23(24-14)25-21(27)15-6-3-4-7-15)16-9-10-18(31-2)19(12-16)33(30)26-11-5-8-17(13-26)22(28)29/h9-10,12,15,17H,3-8,11,13H2,1-2H3,(H,28,29)(H,24,25,27). The number of benzene rings is 1. The number of nitrogens with one attached hydrogen (secondary N) is 1. The fraction of sp³-hybridized carbons (Fsp3) is 0.522. The zero-order valence-electron chi connectivity index (χ0n) is 18.8. The van der Waals surface area contributed by atoms with Crippen LogP contribution < -0.4 is 10.1 Å². The van der Waals surface area contributed by atoms with E-state index in [0.29, 0.717) is 35.2 Å². The molecule has 2 unspecified atom stereocenters. The summed E-state index contributed by atoms with van der Waals surface area (Å²) >= 11 is 1.40. The van der Waals surface area contributed by atoms with Crippen LogP contribution in [0.15, 0.2) is 23.1 Å². The zero-order valence-corrected chi connectivity index (χ0v) is 20.5. The minimum absolute atomic E-state index is 0.0300. The molecule has 1 saturated heterocycles. The Morgan fingerprint density at radius 2 is 1.94 bits per heavy atom. The van der Waals surface area contributed by atoms with Gasteiger partial charge in [0.2, 0.25) is 5.91 Å². The van der Waals surface area contributed by atoms with E-state index in [4.69, 9.17) is 4.74 Å². The molecule has 1 aliphatic heterocycles. The highest BCUT2D eigenvalue weighted by atomic mass is 32.2. The lowest BCUT2D eigenvalue weighted by Crippen LogP contribution is -2.39. The Balaban J connectivity index is 1.57. The normalized spacial score (nSPS) is 20.5. The fourth-order valence-electron chi connectivity index (χ4n) is 4.50. The summed E-state index contributed by atoms with van der Waals surface area (Å²) in [4.78, 5) is 29.9. The minimum atomic E-state index is -1.55. The van der Waals surface area contributed by atoms with Crippen LogP contribution in [0, 0.1) is 18.8 Å². The number of hydrogen-bond donors (Lipinski definition) is 2. The number of nitrogens with zero attached hydrogens (tertiary/aromatic N) is 2. The first-order chi connectivity index (χ1) is 15.9. The topological polar surface area (TPSA) is 109 Å².